The number of H-pyrrole nitrogens is 1. The van der Waals surface area contributed by atoms with Gasteiger partial charge in [0.05, 0.1) is 0 Å². The monoisotopic (exact) mass is 389 g/mol. The predicted molar refractivity (Wildman–Crippen MR) is 108 cm³/mol. The standard InChI is InChI=1S/C21H23N7O/c1-3-4-18(14(2)29)19(21-24-26-27-25-21)11-15-5-7-16(8-6-15)17-9-10-20-23-22-13-28(20)12-17/h5-10,12-13,18-19H,3-4,11H2,1-2H3,(H,24,25,26,27)/t18-,19+/m1/s1. The molecule has 0 bridgehead atoms. The Morgan fingerprint density at radius 1 is 1.10 bits per heavy atom. The molecule has 4 aromatic rings. The number of fused-ring (bicyclic) bond motifs is 1. The first-order valence-electron chi connectivity index (χ1n) is 9.78. The van der Waals surface area contributed by atoms with Crippen LogP contribution in [0.3, 0.4) is 0 Å². The number of tetrazole rings is 1. The number of hydrogen-bond donors (Lipinski definition) is 1. The van der Waals surface area contributed by atoms with Gasteiger partial charge in [-0.05, 0) is 59.0 Å². The minimum Gasteiger partial charge on any atom is -0.300 e. The van der Waals surface area contributed by atoms with Gasteiger partial charge in [-0.25, -0.2) is 5.10 Å². The maximum atomic E-state index is 12.3. The lowest BCUT2D eigenvalue weighted by atomic mass is 9.81. The van der Waals surface area contributed by atoms with E-state index >= 15 is 0 Å². The number of Topliss-reactive ketones (excluding diaryl/α,β-unsaturated/α-hetero) is 1. The molecule has 0 aliphatic carbocycles. The first kappa shape index (κ1) is 18.9. The average Bonchev–Trinajstić information content (AvgIpc) is 3.42. The van der Waals surface area contributed by atoms with E-state index in [4.69, 9.17) is 0 Å². The number of nitrogens with zero attached hydrogens (tertiary/aromatic N) is 6. The highest BCUT2D eigenvalue weighted by Crippen LogP contribution is 2.31. The lowest BCUT2D eigenvalue weighted by Crippen LogP contribution is -2.23. The Morgan fingerprint density at radius 2 is 1.90 bits per heavy atom. The zero-order valence-corrected chi connectivity index (χ0v) is 16.5. The minimum absolute atomic E-state index is 0.0679. The van der Waals surface area contributed by atoms with Crippen molar-refractivity contribution in [2.75, 3.05) is 0 Å². The van der Waals surface area contributed by atoms with E-state index in [1.54, 1.807) is 13.3 Å². The lowest BCUT2D eigenvalue weighted by molar-refractivity contribution is -0.121. The second kappa shape index (κ2) is 8.30. The van der Waals surface area contributed by atoms with Gasteiger partial charge in [-0.15, -0.1) is 15.3 Å². The Kier molecular flexibility index (Phi) is 5.41. The summed E-state index contributed by atoms with van der Waals surface area (Å²) in [5.41, 5.74) is 4.16. The van der Waals surface area contributed by atoms with Gasteiger partial charge in [-0.1, -0.05) is 37.6 Å². The molecule has 0 saturated heterocycles. The van der Waals surface area contributed by atoms with Crippen LogP contribution in [0.1, 0.15) is 44.0 Å². The summed E-state index contributed by atoms with van der Waals surface area (Å²) in [6, 6.07) is 12.4. The van der Waals surface area contributed by atoms with Gasteiger partial charge in [0.25, 0.3) is 0 Å². The molecule has 2 atom stereocenters. The van der Waals surface area contributed by atoms with Crippen LogP contribution in [-0.4, -0.2) is 41.0 Å². The third kappa shape index (κ3) is 4.06. The van der Waals surface area contributed by atoms with Crippen LogP contribution in [0.2, 0.25) is 0 Å². The number of carbonyl (C=O) groups is 1. The highest BCUT2D eigenvalue weighted by atomic mass is 16.1. The number of carbonyl (C=O) groups excluding carboxylic acids is 1. The van der Waals surface area contributed by atoms with Crippen LogP contribution >= 0.6 is 0 Å². The minimum atomic E-state index is -0.106. The topological polar surface area (TPSA) is 102 Å². The van der Waals surface area contributed by atoms with Crippen molar-refractivity contribution in [2.24, 2.45) is 5.92 Å². The van der Waals surface area contributed by atoms with Crippen molar-refractivity contribution in [3.05, 3.63) is 60.3 Å². The van der Waals surface area contributed by atoms with Crippen LogP contribution in [0.25, 0.3) is 16.8 Å². The molecule has 1 aromatic carbocycles. The normalized spacial score (nSPS) is 13.4. The molecule has 0 amide bonds. The Balaban J connectivity index is 1.58. The lowest BCUT2D eigenvalue weighted by Gasteiger charge is -2.23. The number of aromatic nitrogens is 7. The number of aromatic amines is 1. The summed E-state index contributed by atoms with van der Waals surface area (Å²) >= 11 is 0. The summed E-state index contributed by atoms with van der Waals surface area (Å²) in [5, 5.41) is 22.4. The summed E-state index contributed by atoms with van der Waals surface area (Å²) in [4.78, 5) is 12.3. The van der Waals surface area contributed by atoms with Crippen LogP contribution in [0.4, 0.5) is 0 Å². The molecule has 8 nitrogen and oxygen atoms in total. The van der Waals surface area contributed by atoms with Gasteiger partial charge < -0.3 is 0 Å². The maximum absolute atomic E-state index is 12.3. The molecule has 4 rings (SSSR count). The van der Waals surface area contributed by atoms with E-state index in [0.29, 0.717) is 12.2 Å². The number of nitrogens with one attached hydrogen (secondary N) is 1. The van der Waals surface area contributed by atoms with E-state index in [-0.39, 0.29) is 17.6 Å². The predicted octanol–water partition coefficient (Wildman–Crippen LogP) is 3.24. The fourth-order valence-electron chi connectivity index (χ4n) is 3.84. The third-order valence-electron chi connectivity index (χ3n) is 5.35. The fraction of sp³-hybridized carbons (Fsp3) is 0.333. The summed E-state index contributed by atoms with van der Waals surface area (Å²) in [6.45, 7) is 3.74. The zero-order chi connectivity index (χ0) is 20.2. The maximum Gasteiger partial charge on any atom is 0.160 e. The first-order chi connectivity index (χ1) is 14.2. The smallest absolute Gasteiger partial charge is 0.160 e. The SMILES string of the molecule is CCC[C@H](C(C)=O)[C@H](Cc1ccc(-c2ccc3nncn3c2)cc1)c1nnn[nH]1. The van der Waals surface area contributed by atoms with E-state index < -0.39 is 0 Å². The molecule has 0 fully saturated rings. The van der Waals surface area contributed by atoms with E-state index in [1.807, 2.05) is 22.7 Å². The Morgan fingerprint density at radius 3 is 2.59 bits per heavy atom. The van der Waals surface area contributed by atoms with Crippen LogP contribution < -0.4 is 0 Å². The highest BCUT2D eigenvalue weighted by molar-refractivity contribution is 5.79. The van der Waals surface area contributed by atoms with Gasteiger partial charge in [0.2, 0.25) is 0 Å². The van der Waals surface area contributed by atoms with E-state index in [9.17, 15) is 4.79 Å². The van der Waals surface area contributed by atoms with Crippen molar-refractivity contribution in [1.82, 2.24) is 35.2 Å². The van der Waals surface area contributed by atoms with E-state index in [0.717, 1.165) is 35.2 Å². The van der Waals surface area contributed by atoms with Gasteiger partial charge in [0.1, 0.15) is 12.1 Å². The molecular weight excluding hydrogens is 366 g/mol. The highest BCUT2D eigenvalue weighted by Gasteiger charge is 2.29. The zero-order valence-electron chi connectivity index (χ0n) is 16.5. The third-order valence-corrected chi connectivity index (χ3v) is 5.35. The Labute approximate surface area is 168 Å². The van der Waals surface area contributed by atoms with Gasteiger partial charge >= 0.3 is 0 Å². The molecule has 0 aliphatic rings. The van der Waals surface area contributed by atoms with Crippen molar-refractivity contribution in [1.29, 1.82) is 0 Å². The molecule has 0 spiro atoms. The second-order valence-corrected chi connectivity index (χ2v) is 7.31. The van der Waals surface area contributed by atoms with Crippen LogP contribution in [0, 0.1) is 5.92 Å². The molecule has 8 heteroatoms. The molecule has 29 heavy (non-hydrogen) atoms. The number of pyridine rings is 1. The summed E-state index contributed by atoms with van der Waals surface area (Å²) in [7, 11) is 0. The number of benzene rings is 1. The molecule has 0 saturated carbocycles. The summed E-state index contributed by atoms with van der Waals surface area (Å²) in [5.74, 6) is 0.667. The average molecular weight is 389 g/mol. The van der Waals surface area contributed by atoms with Crippen LogP contribution in [0.5, 0.6) is 0 Å². The molecule has 0 aliphatic heterocycles. The van der Waals surface area contributed by atoms with Crippen LogP contribution in [-0.2, 0) is 11.2 Å². The quantitative estimate of drug-likeness (QED) is 0.496. The molecule has 0 unspecified atom stereocenters. The van der Waals surface area contributed by atoms with Crippen molar-refractivity contribution in [3.8, 4) is 11.1 Å². The molecule has 3 aromatic heterocycles. The molecular formula is C21H23N7O. The fourth-order valence-corrected chi connectivity index (χ4v) is 3.84. The van der Waals surface area contributed by atoms with Gasteiger partial charge in [-0.3, -0.25) is 9.20 Å². The molecule has 3 heterocycles. The first-order valence-corrected chi connectivity index (χ1v) is 9.78. The largest absolute Gasteiger partial charge is 0.300 e. The van der Waals surface area contributed by atoms with Gasteiger partial charge in [-0.2, -0.15) is 0 Å². The molecule has 1 N–H and O–H groups in total. The van der Waals surface area contributed by atoms with Crippen LogP contribution in [0.15, 0.2) is 48.9 Å². The van der Waals surface area contributed by atoms with Crippen molar-refractivity contribution >= 4 is 11.4 Å². The van der Waals surface area contributed by atoms with Gasteiger partial charge in [0, 0.05) is 18.0 Å². The number of ketones is 1. The van der Waals surface area contributed by atoms with Crippen molar-refractivity contribution in [3.63, 3.8) is 0 Å². The number of rotatable bonds is 8. The summed E-state index contributed by atoms with van der Waals surface area (Å²) in [6.07, 6.45) is 6.16. The Hall–Kier alpha value is -3.42. The second-order valence-electron chi connectivity index (χ2n) is 7.31. The van der Waals surface area contributed by atoms with E-state index in [2.05, 4.69) is 62.0 Å². The molecule has 148 valence electrons. The van der Waals surface area contributed by atoms with E-state index in [1.165, 1.54) is 0 Å². The summed E-state index contributed by atoms with van der Waals surface area (Å²) < 4.78 is 1.90. The van der Waals surface area contributed by atoms with Crippen molar-refractivity contribution < 1.29 is 4.79 Å². The van der Waals surface area contributed by atoms with Crippen molar-refractivity contribution in [2.45, 2.75) is 39.0 Å². The van der Waals surface area contributed by atoms with Gasteiger partial charge in [0.15, 0.2) is 11.5 Å². The molecule has 0 radical (unpaired) electrons. The Bertz CT molecular complexity index is 1090. The number of hydrogen-bond acceptors (Lipinski definition) is 6.